The van der Waals surface area contributed by atoms with Crippen molar-refractivity contribution in [3.8, 4) is 0 Å². The van der Waals surface area contributed by atoms with E-state index < -0.39 is 0 Å². The van der Waals surface area contributed by atoms with E-state index in [2.05, 4.69) is 5.32 Å². The summed E-state index contributed by atoms with van der Waals surface area (Å²) >= 11 is 0. The number of hydrogen-bond donors (Lipinski definition) is 2. The van der Waals surface area contributed by atoms with Crippen LogP contribution in [-0.4, -0.2) is 19.0 Å². The van der Waals surface area contributed by atoms with Gasteiger partial charge in [0, 0.05) is 13.0 Å². The Morgan fingerprint density at radius 2 is 2.00 bits per heavy atom. The summed E-state index contributed by atoms with van der Waals surface area (Å²) < 4.78 is 0. The fourth-order valence-corrected chi connectivity index (χ4v) is 0.388. The third-order valence-electron chi connectivity index (χ3n) is 0.798. The van der Waals surface area contributed by atoms with Gasteiger partial charge in [-0.25, -0.2) is 0 Å². The summed E-state index contributed by atoms with van der Waals surface area (Å²) in [5.41, 5.74) is 4.85. The van der Waals surface area contributed by atoms with Crippen LogP contribution >= 0.6 is 0 Å². The molecule has 10 heavy (non-hydrogen) atoms. The molecule has 0 aromatic heterocycles. The van der Waals surface area contributed by atoms with Gasteiger partial charge in [-0.15, -0.1) is 0 Å². The molecule has 0 aromatic rings. The second kappa shape index (κ2) is 11.3. The van der Waals surface area contributed by atoms with Crippen molar-refractivity contribution in [3.63, 3.8) is 0 Å². The van der Waals surface area contributed by atoms with E-state index in [1.54, 1.807) is 0 Å². The number of carbonyl (C=O) groups is 1. The molecule has 0 saturated carbocycles. The highest BCUT2D eigenvalue weighted by Gasteiger charge is 1.89. The fraction of sp³-hybridized carbons (Fsp3) is 0.857. The molecule has 3 nitrogen and oxygen atoms in total. The molecule has 0 rings (SSSR count). The summed E-state index contributed by atoms with van der Waals surface area (Å²) in [5, 5.41) is 2.98. The summed E-state index contributed by atoms with van der Waals surface area (Å²) in [6, 6.07) is 0. The van der Waals surface area contributed by atoms with Crippen LogP contribution in [0.4, 0.5) is 0 Å². The van der Waals surface area contributed by atoms with Crippen LogP contribution in [0.3, 0.4) is 0 Å². The Bertz CT molecular complexity index is 74.0. The molecule has 0 heterocycles. The van der Waals surface area contributed by atoms with Crippen LogP contribution in [0, 0.1) is 0 Å². The molecular formula is C7H18N2O. The van der Waals surface area contributed by atoms with Crippen molar-refractivity contribution in [3.05, 3.63) is 0 Å². The highest BCUT2D eigenvalue weighted by Crippen LogP contribution is 1.69. The van der Waals surface area contributed by atoms with E-state index in [1.807, 2.05) is 20.8 Å². The third kappa shape index (κ3) is 15.7. The molecule has 1 amide bonds. The predicted octanol–water partition coefficient (Wildman–Crippen LogP) is 0.497. The predicted molar refractivity (Wildman–Crippen MR) is 43.7 cm³/mol. The molecule has 0 aliphatic carbocycles. The van der Waals surface area contributed by atoms with Crippen molar-refractivity contribution >= 4 is 5.91 Å². The number of nitrogens with one attached hydrogen (secondary N) is 1. The SMILES string of the molecule is CC.CCNCCC(N)=O. The van der Waals surface area contributed by atoms with Gasteiger partial charge in [0.05, 0.1) is 0 Å². The maximum atomic E-state index is 10.1. The van der Waals surface area contributed by atoms with Crippen LogP contribution < -0.4 is 11.1 Å². The fourth-order valence-electron chi connectivity index (χ4n) is 0.388. The standard InChI is InChI=1S/C5H12N2O.C2H6/c1-2-7-4-3-5(6)8;1-2/h7H,2-4H2,1H3,(H2,6,8);1-2H3. The number of primary amides is 1. The first-order chi connectivity index (χ1) is 4.77. The first kappa shape index (κ1) is 12.1. The van der Waals surface area contributed by atoms with Crippen molar-refractivity contribution in [2.24, 2.45) is 5.73 Å². The summed E-state index contributed by atoms with van der Waals surface area (Å²) in [7, 11) is 0. The second-order valence-electron chi connectivity index (χ2n) is 1.57. The van der Waals surface area contributed by atoms with Crippen LogP contribution in [0.25, 0.3) is 0 Å². The molecule has 3 heteroatoms. The average Bonchev–Trinajstić information content (AvgIpc) is 1.92. The number of nitrogens with two attached hydrogens (primary N) is 1. The Balaban J connectivity index is 0. The minimum atomic E-state index is -0.244. The summed E-state index contributed by atoms with van der Waals surface area (Å²) in [4.78, 5) is 10.1. The van der Waals surface area contributed by atoms with Gasteiger partial charge in [0.25, 0.3) is 0 Å². The Labute approximate surface area is 63.0 Å². The Morgan fingerprint density at radius 3 is 2.30 bits per heavy atom. The van der Waals surface area contributed by atoms with Crippen LogP contribution in [-0.2, 0) is 4.79 Å². The quantitative estimate of drug-likeness (QED) is 0.567. The van der Waals surface area contributed by atoms with Crippen molar-refractivity contribution in [1.29, 1.82) is 0 Å². The molecule has 0 radical (unpaired) electrons. The molecular weight excluding hydrogens is 128 g/mol. The van der Waals surface area contributed by atoms with Gasteiger partial charge in [-0.1, -0.05) is 20.8 Å². The van der Waals surface area contributed by atoms with E-state index in [0.29, 0.717) is 13.0 Å². The monoisotopic (exact) mass is 146 g/mol. The minimum Gasteiger partial charge on any atom is -0.370 e. The summed E-state index contributed by atoms with van der Waals surface area (Å²) in [5.74, 6) is -0.244. The maximum Gasteiger partial charge on any atom is 0.218 e. The van der Waals surface area contributed by atoms with Gasteiger partial charge in [0.1, 0.15) is 0 Å². The molecule has 0 spiro atoms. The Kier molecular flexibility index (Phi) is 13.7. The topological polar surface area (TPSA) is 55.1 Å². The van der Waals surface area contributed by atoms with Crippen molar-refractivity contribution in [1.82, 2.24) is 5.32 Å². The van der Waals surface area contributed by atoms with Crippen LogP contribution in [0.15, 0.2) is 0 Å². The van der Waals surface area contributed by atoms with Crippen molar-refractivity contribution in [2.45, 2.75) is 27.2 Å². The Hall–Kier alpha value is -0.570. The smallest absolute Gasteiger partial charge is 0.218 e. The summed E-state index contributed by atoms with van der Waals surface area (Å²) in [6.45, 7) is 7.58. The van der Waals surface area contributed by atoms with Crippen LogP contribution in [0.2, 0.25) is 0 Å². The molecule has 3 N–H and O–H groups in total. The van der Waals surface area contributed by atoms with Crippen LogP contribution in [0.1, 0.15) is 27.2 Å². The van der Waals surface area contributed by atoms with Crippen LogP contribution in [0.5, 0.6) is 0 Å². The number of amides is 1. The number of carbonyl (C=O) groups excluding carboxylic acids is 1. The van der Waals surface area contributed by atoms with E-state index in [9.17, 15) is 4.79 Å². The lowest BCUT2D eigenvalue weighted by atomic mass is 10.4. The van der Waals surface area contributed by atoms with E-state index in [0.717, 1.165) is 6.54 Å². The average molecular weight is 146 g/mol. The van der Waals surface area contributed by atoms with E-state index in [1.165, 1.54) is 0 Å². The number of rotatable bonds is 4. The third-order valence-corrected chi connectivity index (χ3v) is 0.798. The van der Waals surface area contributed by atoms with Gasteiger partial charge in [-0.2, -0.15) is 0 Å². The van der Waals surface area contributed by atoms with Gasteiger partial charge >= 0.3 is 0 Å². The zero-order valence-corrected chi connectivity index (χ0v) is 7.11. The lowest BCUT2D eigenvalue weighted by Crippen LogP contribution is -2.21. The lowest BCUT2D eigenvalue weighted by molar-refractivity contribution is -0.117. The zero-order valence-electron chi connectivity index (χ0n) is 7.11. The summed E-state index contributed by atoms with van der Waals surface area (Å²) in [6.07, 6.45) is 0.438. The van der Waals surface area contributed by atoms with Crippen molar-refractivity contribution < 1.29 is 4.79 Å². The van der Waals surface area contributed by atoms with Gasteiger partial charge in [-0.05, 0) is 6.54 Å². The van der Waals surface area contributed by atoms with E-state index >= 15 is 0 Å². The van der Waals surface area contributed by atoms with E-state index in [4.69, 9.17) is 5.73 Å². The molecule has 0 bridgehead atoms. The lowest BCUT2D eigenvalue weighted by Gasteiger charge is -1.94. The maximum absolute atomic E-state index is 10.1. The molecule has 0 atom stereocenters. The van der Waals surface area contributed by atoms with E-state index in [-0.39, 0.29) is 5.91 Å². The highest BCUT2D eigenvalue weighted by molar-refractivity contribution is 5.73. The molecule has 0 aliphatic rings. The van der Waals surface area contributed by atoms with Gasteiger partial charge < -0.3 is 11.1 Å². The van der Waals surface area contributed by atoms with Gasteiger partial charge in [0.15, 0.2) is 0 Å². The Morgan fingerprint density at radius 1 is 1.50 bits per heavy atom. The molecule has 0 aliphatic heterocycles. The zero-order chi connectivity index (χ0) is 8.41. The van der Waals surface area contributed by atoms with Crippen molar-refractivity contribution in [2.75, 3.05) is 13.1 Å². The minimum absolute atomic E-state index is 0.244. The first-order valence-electron chi connectivity index (χ1n) is 3.76. The normalized spacial score (nSPS) is 7.90. The number of hydrogen-bond acceptors (Lipinski definition) is 2. The molecule has 0 unspecified atom stereocenters. The molecule has 0 aromatic carbocycles. The molecule has 62 valence electrons. The highest BCUT2D eigenvalue weighted by atomic mass is 16.1. The van der Waals surface area contributed by atoms with Gasteiger partial charge in [0.2, 0.25) is 5.91 Å². The largest absolute Gasteiger partial charge is 0.370 e. The second-order valence-corrected chi connectivity index (χ2v) is 1.57. The molecule has 0 saturated heterocycles. The molecule has 0 fully saturated rings. The first-order valence-corrected chi connectivity index (χ1v) is 3.76. The van der Waals surface area contributed by atoms with Gasteiger partial charge in [-0.3, -0.25) is 4.79 Å².